The first-order valence-corrected chi connectivity index (χ1v) is 9.52. The molecule has 24 heavy (non-hydrogen) atoms. The van der Waals surface area contributed by atoms with Crippen LogP contribution in [0.25, 0.3) is 6.08 Å². The number of allylic oxidation sites excluding steroid dienone is 1. The highest BCUT2D eigenvalue weighted by Crippen LogP contribution is 2.53. The predicted molar refractivity (Wildman–Crippen MR) is 94.4 cm³/mol. The van der Waals surface area contributed by atoms with Gasteiger partial charge in [-0.1, -0.05) is 43.0 Å². The monoisotopic (exact) mass is 345 g/mol. The molecule has 128 valence electrons. The molecule has 0 amide bonds. The van der Waals surface area contributed by atoms with Gasteiger partial charge in [-0.2, -0.15) is 0 Å². The average molecular weight is 346 g/mol. The first-order valence-electron chi connectivity index (χ1n) is 9.15. The van der Waals surface area contributed by atoms with Crippen molar-refractivity contribution in [2.45, 2.75) is 45.1 Å². The highest BCUT2D eigenvalue weighted by atomic mass is 35.5. The van der Waals surface area contributed by atoms with Gasteiger partial charge in [0.05, 0.1) is 11.6 Å². The van der Waals surface area contributed by atoms with Crippen LogP contribution in [-0.2, 0) is 9.53 Å². The molecule has 6 unspecified atom stereocenters. The number of carbonyl (C=O) groups is 1. The fourth-order valence-electron chi connectivity index (χ4n) is 5.31. The van der Waals surface area contributed by atoms with Gasteiger partial charge in [-0.3, -0.25) is 4.79 Å². The smallest absolute Gasteiger partial charge is 0.309 e. The van der Waals surface area contributed by atoms with Crippen molar-refractivity contribution in [1.82, 2.24) is 4.98 Å². The van der Waals surface area contributed by atoms with Crippen molar-refractivity contribution in [3.8, 4) is 0 Å². The summed E-state index contributed by atoms with van der Waals surface area (Å²) in [6.07, 6.45) is 10.6. The van der Waals surface area contributed by atoms with E-state index in [9.17, 15) is 4.79 Å². The Bertz CT molecular complexity index is 659. The van der Waals surface area contributed by atoms with Crippen LogP contribution in [0, 0.1) is 29.6 Å². The third-order valence-electron chi connectivity index (χ3n) is 6.30. The minimum Gasteiger partial charge on any atom is -0.462 e. The second kappa shape index (κ2) is 6.51. The van der Waals surface area contributed by atoms with E-state index >= 15 is 0 Å². The van der Waals surface area contributed by atoms with Crippen LogP contribution in [0.15, 0.2) is 24.3 Å². The summed E-state index contributed by atoms with van der Waals surface area (Å²) < 4.78 is 5.61. The number of ether oxygens (including phenoxy) is 1. The van der Waals surface area contributed by atoms with Gasteiger partial charge in [0.15, 0.2) is 0 Å². The van der Waals surface area contributed by atoms with Crippen LogP contribution in [-0.4, -0.2) is 17.1 Å². The molecule has 1 aromatic rings. The molecule has 3 nitrogen and oxygen atoms in total. The Morgan fingerprint density at radius 1 is 1.29 bits per heavy atom. The van der Waals surface area contributed by atoms with Gasteiger partial charge in [0.1, 0.15) is 11.3 Å². The summed E-state index contributed by atoms with van der Waals surface area (Å²) >= 11 is 6.00. The van der Waals surface area contributed by atoms with Crippen LogP contribution >= 0.6 is 11.6 Å². The summed E-state index contributed by atoms with van der Waals surface area (Å²) in [5.74, 6) is 2.16. The molecule has 2 heterocycles. The lowest BCUT2D eigenvalue weighted by atomic mass is 9.57. The third kappa shape index (κ3) is 2.88. The van der Waals surface area contributed by atoms with Crippen molar-refractivity contribution < 1.29 is 9.53 Å². The topological polar surface area (TPSA) is 39.2 Å². The summed E-state index contributed by atoms with van der Waals surface area (Å²) in [7, 11) is 0. The number of rotatable bonds is 2. The van der Waals surface area contributed by atoms with Crippen molar-refractivity contribution in [3.63, 3.8) is 0 Å². The quantitative estimate of drug-likeness (QED) is 0.573. The highest BCUT2D eigenvalue weighted by Gasteiger charge is 2.53. The zero-order chi connectivity index (χ0) is 16.7. The van der Waals surface area contributed by atoms with Crippen LogP contribution in [0.1, 0.15) is 44.7 Å². The number of hydrogen-bond acceptors (Lipinski definition) is 3. The SMILES string of the molecule is CC1OC(=O)C2CC3CCCCC3C(/C=C/c3cccc(Cl)n3)C12. The minimum atomic E-state index is 0.0207. The van der Waals surface area contributed by atoms with Gasteiger partial charge in [0, 0.05) is 5.92 Å². The summed E-state index contributed by atoms with van der Waals surface area (Å²) in [5.41, 5.74) is 0.884. The lowest BCUT2D eigenvalue weighted by molar-refractivity contribution is -0.144. The molecule has 4 heteroatoms. The molecule has 4 rings (SSSR count). The van der Waals surface area contributed by atoms with E-state index in [0.717, 1.165) is 12.1 Å². The van der Waals surface area contributed by atoms with Crippen molar-refractivity contribution in [2.75, 3.05) is 0 Å². The van der Waals surface area contributed by atoms with Gasteiger partial charge in [-0.05, 0) is 55.7 Å². The Hall–Kier alpha value is -1.35. The Morgan fingerprint density at radius 3 is 2.96 bits per heavy atom. The molecule has 0 N–H and O–H groups in total. The lowest BCUT2D eigenvalue weighted by Gasteiger charge is -2.45. The van der Waals surface area contributed by atoms with Crippen LogP contribution in [0.3, 0.4) is 0 Å². The number of aromatic nitrogens is 1. The van der Waals surface area contributed by atoms with Crippen molar-refractivity contribution in [3.05, 3.63) is 35.1 Å². The molecular formula is C20H24ClNO2. The largest absolute Gasteiger partial charge is 0.462 e. The van der Waals surface area contributed by atoms with Gasteiger partial charge >= 0.3 is 5.97 Å². The first kappa shape index (κ1) is 16.1. The molecule has 6 atom stereocenters. The number of fused-ring (bicyclic) bond motifs is 2. The fraction of sp³-hybridized carbons (Fsp3) is 0.600. The predicted octanol–water partition coefficient (Wildman–Crippen LogP) is 4.75. The molecule has 2 aliphatic carbocycles. The zero-order valence-corrected chi connectivity index (χ0v) is 14.8. The van der Waals surface area contributed by atoms with Gasteiger partial charge in [-0.25, -0.2) is 4.98 Å². The maximum Gasteiger partial charge on any atom is 0.309 e. The number of esters is 1. The molecule has 0 spiro atoms. The summed E-state index contributed by atoms with van der Waals surface area (Å²) in [6.45, 7) is 2.06. The second-order valence-corrected chi connectivity index (χ2v) is 7.98. The highest BCUT2D eigenvalue weighted by molar-refractivity contribution is 6.29. The maximum atomic E-state index is 12.3. The average Bonchev–Trinajstić information content (AvgIpc) is 2.86. The lowest BCUT2D eigenvalue weighted by Crippen LogP contribution is -2.42. The number of pyridine rings is 1. The second-order valence-electron chi connectivity index (χ2n) is 7.59. The molecule has 0 aromatic carbocycles. The minimum absolute atomic E-state index is 0.0207. The van der Waals surface area contributed by atoms with Gasteiger partial charge in [0.25, 0.3) is 0 Å². The molecule has 1 saturated heterocycles. The maximum absolute atomic E-state index is 12.3. The van der Waals surface area contributed by atoms with E-state index in [1.807, 2.05) is 12.1 Å². The van der Waals surface area contributed by atoms with E-state index in [-0.39, 0.29) is 18.0 Å². The summed E-state index contributed by atoms with van der Waals surface area (Å²) in [6, 6.07) is 5.69. The molecule has 3 aliphatic rings. The van der Waals surface area contributed by atoms with E-state index in [0.29, 0.717) is 28.8 Å². The summed E-state index contributed by atoms with van der Waals surface area (Å²) in [4.78, 5) is 16.6. The normalized spacial score (nSPS) is 38.7. The molecule has 2 saturated carbocycles. The van der Waals surface area contributed by atoms with E-state index in [1.54, 1.807) is 6.07 Å². The third-order valence-corrected chi connectivity index (χ3v) is 6.51. The first-order chi connectivity index (χ1) is 11.6. The van der Waals surface area contributed by atoms with E-state index in [1.165, 1.54) is 25.7 Å². The van der Waals surface area contributed by atoms with Crippen LogP contribution < -0.4 is 0 Å². The van der Waals surface area contributed by atoms with Crippen LogP contribution in [0.5, 0.6) is 0 Å². The van der Waals surface area contributed by atoms with Gasteiger partial charge < -0.3 is 4.74 Å². The van der Waals surface area contributed by atoms with Crippen LogP contribution in [0.4, 0.5) is 0 Å². The van der Waals surface area contributed by atoms with E-state index < -0.39 is 0 Å². The fourth-order valence-corrected chi connectivity index (χ4v) is 5.48. The number of nitrogens with zero attached hydrogens (tertiary/aromatic N) is 1. The summed E-state index contributed by atoms with van der Waals surface area (Å²) in [5, 5.41) is 0.516. The van der Waals surface area contributed by atoms with Crippen molar-refractivity contribution in [1.29, 1.82) is 0 Å². The molecule has 0 bridgehead atoms. The van der Waals surface area contributed by atoms with Crippen molar-refractivity contribution in [2.24, 2.45) is 29.6 Å². The Balaban J connectivity index is 1.64. The van der Waals surface area contributed by atoms with Gasteiger partial charge in [0.2, 0.25) is 0 Å². The molecule has 1 aromatic heterocycles. The number of cyclic esters (lactones) is 1. The number of hydrogen-bond donors (Lipinski definition) is 0. The molecule has 0 radical (unpaired) electrons. The van der Waals surface area contributed by atoms with E-state index in [2.05, 4.69) is 24.1 Å². The zero-order valence-electron chi connectivity index (χ0n) is 14.0. The van der Waals surface area contributed by atoms with Gasteiger partial charge in [-0.15, -0.1) is 0 Å². The Morgan fingerprint density at radius 2 is 2.12 bits per heavy atom. The Kier molecular flexibility index (Phi) is 4.38. The standard InChI is InChI=1S/C20H24ClNO2/c1-12-19-16(10-9-14-6-4-8-18(21)22-14)15-7-3-2-5-13(15)11-17(19)20(23)24-12/h4,6,8-10,12-13,15-17,19H,2-3,5,7,11H2,1H3/b10-9+. The molecule has 1 aliphatic heterocycles. The molecular weight excluding hydrogens is 322 g/mol. The number of carbonyl (C=O) groups excluding carboxylic acids is 1. The van der Waals surface area contributed by atoms with Crippen molar-refractivity contribution >= 4 is 23.6 Å². The number of halogens is 1. The Labute approximate surface area is 148 Å². The van der Waals surface area contributed by atoms with Crippen LogP contribution in [0.2, 0.25) is 5.15 Å². The molecule has 3 fully saturated rings. The van der Waals surface area contributed by atoms with E-state index in [4.69, 9.17) is 16.3 Å².